The van der Waals surface area contributed by atoms with Crippen LogP contribution in [-0.4, -0.2) is 26.1 Å². The summed E-state index contributed by atoms with van der Waals surface area (Å²) >= 11 is 0. The van der Waals surface area contributed by atoms with Gasteiger partial charge in [-0.05, 0) is 23.6 Å². The van der Waals surface area contributed by atoms with Gasteiger partial charge < -0.3 is 24.1 Å². The molecule has 0 atom stereocenters. The number of hydrogen-bond acceptors (Lipinski definition) is 5. The van der Waals surface area contributed by atoms with Crippen LogP contribution >= 0.6 is 0 Å². The number of hydrogen-bond donors (Lipinski definition) is 1. The van der Waals surface area contributed by atoms with Crippen LogP contribution in [0.25, 0.3) is 27.1 Å². The molecule has 0 saturated heterocycles. The molecular weight excluding hydrogens is 334 g/mol. The molecule has 0 radical (unpaired) electrons. The molecule has 6 heteroatoms. The zero-order valence-corrected chi connectivity index (χ0v) is 14.3. The normalized spacial score (nSPS) is 12.8. The summed E-state index contributed by atoms with van der Waals surface area (Å²) in [6.45, 7) is 0.241. The first kappa shape index (κ1) is 14.9. The van der Waals surface area contributed by atoms with Crippen LogP contribution in [0.2, 0.25) is 0 Å². The molecule has 6 nitrogen and oxygen atoms in total. The van der Waals surface area contributed by atoms with Gasteiger partial charge in [0.25, 0.3) is 0 Å². The molecule has 0 bridgehead atoms. The number of benzene rings is 2. The third-order valence-corrected chi connectivity index (χ3v) is 4.79. The molecular formula is C20H16NO5+. The summed E-state index contributed by atoms with van der Waals surface area (Å²) in [5, 5.41) is 14.2. The molecule has 0 fully saturated rings. The van der Waals surface area contributed by atoms with Crippen molar-refractivity contribution in [1.82, 2.24) is 0 Å². The third kappa shape index (κ3) is 1.95. The van der Waals surface area contributed by atoms with E-state index in [1.807, 2.05) is 47.1 Å². The van der Waals surface area contributed by atoms with E-state index in [2.05, 4.69) is 0 Å². The van der Waals surface area contributed by atoms with E-state index < -0.39 is 0 Å². The lowest BCUT2D eigenvalue weighted by atomic mass is 10.1. The highest BCUT2D eigenvalue weighted by molar-refractivity contribution is 6.01. The number of pyridine rings is 2. The lowest BCUT2D eigenvalue weighted by Gasteiger charge is -2.11. The molecule has 130 valence electrons. The first-order chi connectivity index (χ1) is 12.7. The van der Waals surface area contributed by atoms with E-state index >= 15 is 0 Å². The fourth-order valence-corrected chi connectivity index (χ4v) is 3.51. The van der Waals surface area contributed by atoms with Gasteiger partial charge in [-0.1, -0.05) is 0 Å². The Balaban J connectivity index is 1.89. The monoisotopic (exact) mass is 350 g/mol. The van der Waals surface area contributed by atoms with Crippen molar-refractivity contribution in [2.75, 3.05) is 21.0 Å². The lowest BCUT2D eigenvalue weighted by Crippen LogP contribution is -2.20. The number of phenolic OH excluding ortho intramolecular Hbond substituents is 1. The van der Waals surface area contributed by atoms with Gasteiger partial charge in [-0.3, -0.25) is 0 Å². The second-order valence-corrected chi connectivity index (χ2v) is 6.14. The number of nitrogens with zero attached hydrogens (tertiary/aromatic N) is 1. The van der Waals surface area contributed by atoms with Gasteiger partial charge in [-0.2, -0.15) is 4.40 Å². The average Bonchev–Trinajstić information content (AvgIpc) is 3.12. The zero-order valence-electron chi connectivity index (χ0n) is 14.3. The second kappa shape index (κ2) is 5.29. The number of phenols is 1. The van der Waals surface area contributed by atoms with Crippen molar-refractivity contribution < 1.29 is 28.5 Å². The molecule has 0 saturated carbocycles. The highest BCUT2D eigenvalue weighted by Gasteiger charge is 2.21. The van der Waals surface area contributed by atoms with Crippen molar-refractivity contribution in [3.63, 3.8) is 0 Å². The minimum atomic E-state index is 0.0574. The number of fused-ring (bicyclic) bond motifs is 5. The molecule has 0 amide bonds. The summed E-state index contributed by atoms with van der Waals surface area (Å²) in [4.78, 5) is 0. The van der Waals surface area contributed by atoms with Crippen molar-refractivity contribution >= 4 is 27.1 Å². The first-order valence-corrected chi connectivity index (χ1v) is 8.14. The van der Waals surface area contributed by atoms with Gasteiger partial charge in [0, 0.05) is 17.5 Å². The van der Waals surface area contributed by atoms with Crippen molar-refractivity contribution in [3.8, 4) is 28.7 Å². The topological polar surface area (TPSA) is 61.3 Å². The van der Waals surface area contributed by atoms with Gasteiger partial charge in [0.15, 0.2) is 35.4 Å². The van der Waals surface area contributed by atoms with Crippen LogP contribution in [0, 0.1) is 0 Å². The van der Waals surface area contributed by atoms with Gasteiger partial charge in [0.1, 0.15) is 0 Å². The van der Waals surface area contributed by atoms with E-state index in [-0.39, 0.29) is 12.5 Å². The van der Waals surface area contributed by atoms with Crippen LogP contribution in [0.15, 0.2) is 42.7 Å². The maximum absolute atomic E-state index is 10.6. The molecule has 26 heavy (non-hydrogen) atoms. The van der Waals surface area contributed by atoms with E-state index in [4.69, 9.17) is 18.9 Å². The van der Waals surface area contributed by atoms with E-state index in [1.54, 1.807) is 7.11 Å². The van der Waals surface area contributed by atoms with Crippen LogP contribution in [0.5, 0.6) is 28.7 Å². The van der Waals surface area contributed by atoms with Crippen LogP contribution < -0.4 is 23.3 Å². The van der Waals surface area contributed by atoms with Gasteiger partial charge in [-0.25, -0.2) is 0 Å². The Bertz CT molecular complexity index is 1200. The van der Waals surface area contributed by atoms with Crippen LogP contribution in [0.1, 0.15) is 0 Å². The van der Waals surface area contributed by atoms with E-state index in [0.717, 1.165) is 33.2 Å². The Kier molecular flexibility index (Phi) is 3.03. The molecule has 1 aliphatic rings. The van der Waals surface area contributed by atoms with Gasteiger partial charge in [-0.15, -0.1) is 0 Å². The van der Waals surface area contributed by atoms with E-state index in [1.165, 1.54) is 7.11 Å². The molecule has 3 heterocycles. The summed E-state index contributed by atoms with van der Waals surface area (Å²) in [5.41, 5.74) is 0.986. The Morgan fingerprint density at radius 3 is 2.54 bits per heavy atom. The van der Waals surface area contributed by atoms with Gasteiger partial charge in [0.2, 0.25) is 18.1 Å². The fraction of sp³-hybridized carbons (Fsp3) is 0.150. The quantitative estimate of drug-likeness (QED) is 0.342. The minimum absolute atomic E-state index is 0.0574. The Hall–Kier alpha value is -3.41. The zero-order chi connectivity index (χ0) is 17.8. The molecule has 2 aromatic heterocycles. The molecule has 1 aliphatic heterocycles. The summed E-state index contributed by atoms with van der Waals surface area (Å²) < 4.78 is 23.6. The second-order valence-electron chi connectivity index (χ2n) is 6.14. The molecule has 0 aliphatic carbocycles. The van der Waals surface area contributed by atoms with E-state index in [9.17, 15) is 5.11 Å². The standard InChI is InChI=1S/C20H15NO5/c1-23-18-7-12-5-15-13-8-17-16(25-10-26-17)6-11(13)3-4-21(15)9-14(12)19(22)20(18)24-2/h3-9H,10H2,1-2H3/p+1. The smallest absolute Gasteiger partial charge is 0.231 e. The van der Waals surface area contributed by atoms with Crippen molar-refractivity contribution in [3.05, 3.63) is 42.7 Å². The van der Waals surface area contributed by atoms with Crippen LogP contribution in [0.3, 0.4) is 0 Å². The van der Waals surface area contributed by atoms with Crippen molar-refractivity contribution in [1.29, 1.82) is 0 Å². The average molecular weight is 350 g/mol. The maximum atomic E-state index is 10.6. The molecule has 2 aromatic carbocycles. The molecule has 1 N–H and O–H groups in total. The fourth-order valence-electron chi connectivity index (χ4n) is 3.51. The summed E-state index contributed by atoms with van der Waals surface area (Å²) in [6.07, 6.45) is 3.83. The van der Waals surface area contributed by atoms with Crippen LogP contribution in [-0.2, 0) is 0 Å². The Labute approximate surface area is 148 Å². The van der Waals surface area contributed by atoms with Gasteiger partial charge >= 0.3 is 0 Å². The maximum Gasteiger partial charge on any atom is 0.231 e. The summed E-state index contributed by atoms with van der Waals surface area (Å²) in [7, 11) is 3.06. The van der Waals surface area contributed by atoms with Crippen molar-refractivity contribution in [2.24, 2.45) is 0 Å². The highest BCUT2D eigenvalue weighted by atomic mass is 16.7. The number of rotatable bonds is 2. The summed E-state index contributed by atoms with van der Waals surface area (Å²) in [6, 6.07) is 9.85. The predicted molar refractivity (Wildman–Crippen MR) is 95.5 cm³/mol. The Morgan fingerprint density at radius 1 is 0.962 bits per heavy atom. The lowest BCUT2D eigenvalue weighted by molar-refractivity contribution is -0.509. The predicted octanol–water partition coefficient (Wildman–Crippen LogP) is 3.18. The molecule has 5 rings (SSSR count). The van der Waals surface area contributed by atoms with Crippen LogP contribution in [0.4, 0.5) is 0 Å². The number of ether oxygens (including phenoxy) is 4. The molecule has 4 aromatic rings. The number of aromatic hydroxyl groups is 1. The van der Waals surface area contributed by atoms with Crippen molar-refractivity contribution in [2.45, 2.75) is 0 Å². The SMILES string of the molecule is COc1cc2cc3c4cc5c(cc4cc[n+]3cc2c(O)c1OC)OCO5. The molecule has 0 unspecified atom stereocenters. The third-order valence-electron chi connectivity index (χ3n) is 4.79. The highest BCUT2D eigenvalue weighted by Crippen LogP contribution is 2.43. The number of methoxy groups -OCH3 is 2. The largest absolute Gasteiger partial charge is 0.504 e. The minimum Gasteiger partial charge on any atom is -0.504 e. The Morgan fingerprint density at radius 2 is 1.77 bits per heavy atom. The van der Waals surface area contributed by atoms with Gasteiger partial charge in [0.05, 0.1) is 25.0 Å². The number of aromatic nitrogens is 1. The van der Waals surface area contributed by atoms with E-state index in [0.29, 0.717) is 16.9 Å². The summed E-state index contributed by atoms with van der Waals surface area (Å²) in [5.74, 6) is 2.36. The molecule has 0 spiro atoms. The first-order valence-electron chi connectivity index (χ1n) is 8.14.